The zero-order valence-corrected chi connectivity index (χ0v) is 18.7. The second kappa shape index (κ2) is 8.57. The maximum Gasteiger partial charge on any atom is 0.333 e. The molecule has 3 aromatic rings. The van der Waals surface area contributed by atoms with E-state index >= 15 is 0 Å². The lowest BCUT2D eigenvalue weighted by molar-refractivity contribution is 0.0959. The Labute approximate surface area is 190 Å². The van der Waals surface area contributed by atoms with E-state index in [9.17, 15) is 13.5 Å². The molecule has 33 heavy (non-hydrogen) atoms. The number of rotatable bonds is 7. The average molecular weight is 476 g/mol. The smallest absolute Gasteiger partial charge is 0.333 e. The number of fused-ring (bicyclic) bond motifs is 2. The Hall–Kier alpha value is -2.71. The van der Waals surface area contributed by atoms with Gasteiger partial charge in [0.25, 0.3) is 0 Å². The lowest BCUT2D eigenvalue weighted by Crippen LogP contribution is -2.24. The van der Waals surface area contributed by atoms with E-state index in [-0.39, 0.29) is 24.8 Å². The number of nitrogens with zero attached hydrogens (tertiary/aromatic N) is 5. The molecule has 0 radical (unpaired) electrons. The van der Waals surface area contributed by atoms with Crippen LogP contribution in [-0.2, 0) is 25.6 Å². The van der Waals surface area contributed by atoms with Crippen molar-refractivity contribution in [3.8, 4) is 0 Å². The Balaban J connectivity index is 1.39. The largest absolute Gasteiger partial charge is 0.393 e. The first-order valence-corrected chi connectivity index (χ1v) is 12.1. The van der Waals surface area contributed by atoms with Gasteiger partial charge < -0.3 is 15.2 Å². The van der Waals surface area contributed by atoms with Crippen LogP contribution < -0.4 is 10.5 Å². The van der Waals surface area contributed by atoms with Crippen molar-refractivity contribution in [1.29, 1.82) is 0 Å². The van der Waals surface area contributed by atoms with Crippen molar-refractivity contribution in [3.05, 3.63) is 41.7 Å². The molecule has 1 aromatic carbocycles. The van der Waals surface area contributed by atoms with Gasteiger partial charge in [0, 0.05) is 19.4 Å². The molecule has 0 amide bonds. The molecule has 2 aliphatic carbocycles. The van der Waals surface area contributed by atoms with Gasteiger partial charge in [-0.05, 0) is 24.0 Å². The number of ether oxygens (including phenoxy) is 1. The van der Waals surface area contributed by atoms with E-state index in [1.54, 1.807) is 11.8 Å². The van der Waals surface area contributed by atoms with Crippen molar-refractivity contribution in [2.24, 2.45) is 11.1 Å². The monoisotopic (exact) mass is 475 g/mol. The summed E-state index contributed by atoms with van der Waals surface area (Å²) in [4.78, 5) is 8.76. The van der Waals surface area contributed by atoms with Crippen molar-refractivity contribution in [1.82, 2.24) is 25.0 Å². The van der Waals surface area contributed by atoms with Gasteiger partial charge in [0.1, 0.15) is 6.33 Å². The SMILES string of the molecule is CO[C@H]1Cc2ccccc2[C@H]1Nc1ncnc2c1nnn2[C@@H]1C[C@@H](COS(N)(=O)=O)[C@@H](O)C1. The molecule has 5 atom stereocenters. The molecule has 0 spiro atoms. The molecule has 0 aliphatic heterocycles. The summed E-state index contributed by atoms with van der Waals surface area (Å²) in [7, 11) is -2.38. The highest BCUT2D eigenvalue weighted by Gasteiger charge is 2.37. The van der Waals surface area contributed by atoms with E-state index in [1.165, 1.54) is 11.9 Å². The molecule has 2 heterocycles. The number of aromatic nitrogens is 5. The fraction of sp³-hybridized carbons (Fsp3) is 0.500. The Kier molecular flexibility index (Phi) is 5.74. The van der Waals surface area contributed by atoms with Gasteiger partial charge in [0.15, 0.2) is 17.0 Å². The summed E-state index contributed by atoms with van der Waals surface area (Å²) in [6.45, 7) is -0.190. The molecule has 0 saturated heterocycles. The van der Waals surface area contributed by atoms with Gasteiger partial charge in [-0.3, -0.25) is 4.18 Å². The van der Waals surface area contributed by atoms with Gasteiger partial charge in [-0.25, -0.2) is 19.8 Å². The van der Waals surface area contributed by atoms with Crippen LogP contribution in [-0.4, -0.2) is 64.4 Å². The third-order valence-electron chi connectivity index (χ3n) is 6.46. The van der Waals surface area contributed by atoms with Gasteiger partial charge in [-0.2, -0.15) is 8.42 Å². The molecular formula is C20H25N7O5S. The van der Waals surface area contributed by atoms with Crippen molar-refractivity contribution in [2.75, 3.05) is 19.0 Å². The molecule has 5 rings (SSSR count). The summed E-state index contributed by atoms with van der Waals surface area (Å²) >= 11 is 0. The predicted molar refractivity (Wildman–Crippen MR) is 117 cm³/mol. The van der Waals surface area contributed by atoms with Crippen LogP contribution in [0.25, 0.3) is 11.2 Å². The average Bonchev–Trinajstić information content (AvgIpc) is 3.47. The predicted octanol–water partition coefficient (Wildman–Crippen LogP) is 0.478. The van der Waals surface area contributed by atoms with E-state index in [0.29, 0.717) is 29.8 Å². The van der Waals surface area contributed by atoms with Crippen LogP contribution in [0, 0.1) is 5.92 Å². The Bertz CT molecular complexity index is 1270. The summed E-state index contributed by atoms with van der Waals surface area (Å²) < 4.78 is 34.2. The third kappa shape index (κ3) is 4.29. The first-order chi connectivity index (χ1) is 15.8. The van der Waals surface area contributed by atoms with E-state index in [2.05, 4.69) is 41.9 Å². The molecule has 0 bridgehead atoms. The number of aliphatic hydroxyl groups is 1. The molecule has 4 N–H and O–H groups in total. The van der Waals surface area contributed by atoms with Gasteiger partial charge in [-0.1, -0.05) is 29.5 Å². The maximum atomic E-state index is 11.1. The highest BCUT2D eigenvalue weighted by molar-refractivity contribution is 7.84. The van der Waals surface area contributed by atoms with Crippen LogP contribution in [0.4, 0.5) is 5.82 Å². The minimum atomic E-state index is -4.07. The van der Waals surface area contributed by atoms with Gasteiger partial charge in [0.05, 0.1) is 30.9 Å². The number of hydrogen-bond donors (Lipinski definition) is 3. The topological polar surface area (TPSA) is 167 Å². The second-order valence-corrected chi connectivity index (χ2v) is 9.68. The van der Waals surface area contributed by atoms with Crippen molar-refractivity contribution in [2.45, 2.75) is 43.6 Å². The maximum absolute atomic E-state index is 11.1. The van der Waals surface area contributed by atoms with E-state index in [0.717, 1.165) is 12.0 Å². The Morgan fingerprint density at radius 1 is 1.27 bits per heavy atom. The lowest BCUT2D eigenvalue weighted by atomic mass is 10.1. The number of benzene rings is 1. The molecule has 0 unspecified atom stereocenters. The Morgan fingerprint density at radius 3 is 2.88 bits per heavy atom. The summed E-state index contributed by atoms with van der Waals surface area (Å²) in [5, 5.41) is 27.3. The standard InChI is InChI=1S/C20H25N7O5S/c1-31-16-7-11-4-2-3-5-14(11)17(16)24-19-18-20(23-10-22-19)27(26-25-18)13-6-12(15(28)8-13)9-32-33(21,29)30/h2-5,10,12-13,15-17,28H,6-9H2,1H3,(H2,21,29,30)(H,22,23,24)/t12-,13+,15-,16-,17+/m0/s1. The van der Waals surface area contributed by atoms with Gasteiger partial charge >= 0.3 is 10.3 Å². The number of nitrogens with two attached hydrogens (primary N) is 1. The molecule has 2 aromatic heterocycles. The van der Waals surface area contributed by atoms with Crippen LogP contribution in [0.15, 0.2) is 30.6 Å². The number of methoxy groups -OCH3 is 1. The second-order valence-electron chi connectivity index (χ2n) is 8.46. The zero-order valence-electron chi connectivity index (χ0n) is 17.9. The van der Waals surface area contributed by atoms with Crippen LogP contribution >= 0.6 is 0 Å². The molecule has 12 nitrogen and oxygen atoms in total. The zero-order chi connectivity index (χ0) is 23.2. The van der Waals surface area contributed by atoms with Gasteiger partial charge in [-0.15, -0.1) is 5.10 Å². The minimum absolute atomic E-state index is 0.0491. The number of nitrogens with one attached hydrogen (secondary N) is 1. The fourth-order valence-electron chi connectivity index (χ4n) is 4.85. The molecule has 176 valence electrons. The van der Waals surface area contributed by atoms with Crippen LogP contribution in [0.1, 0.15) is 36.1 Å². The van der Waals surface area contributed by atoms with E-state index in [1.807, 2.05) is 12.1 Å². The van der Waals surface area contributed by atoms with Crippen LogP contribution in [0.5, 0.6) is 0 Å². The molecule has 2 aliphatic rings. The molecule has 1 fully saturated rings. The fourth-order valence-corrected chi connectivity index (χ4v) is 5.21. The van der Waals surface area contributed by atoms with E-state index < -0.39 is 22.3 Å². The van der Waals surface area contributed by atoms with Crippen molar-refractivity contribution < 1.29 is 22.4 Å². The van der Waals surface area contributed by atoms with Crippen molar-refractivity contribution in [3.63, 3.8) is 0 Å². The lowest BCUT2D eigenvalue weighted by Gasteiger charge is -2.21. The Morgan fingerprint density at radius 2 is 2.09 bits per heavy atom. The quantitative estimate of drug-likeness (QED) is 0.437. The third-order valence-corrected chi connectivity index (χ3v) is 6.93. The summed E-state index contributed by atoms with van der Waals surface area (Å²) in [6, 6.07) is 7.86. The van der Waals surface area contributed by atoms with Crippen LogP contribution in [0.3, 0.4) is 0 Å². The summed E-state index contributed by atoms with van der Waals surface area (Å²) in [5.41, 5.74) is 3.41. The van der Waals surface area contributed by atoms with Gasteiger partial charge in [0.2, 0.25) is 0 Å². The first-order valence-electron chi connectivity index (χ1n) is 10.6. The van der Waals surface area contributed by atoms with Crippen LogP contribution in [0.2, 0.25) is 0 Å². The highest BCUT2D eigenvalue weighted by atomic mass is 32.2. The highest BCUT2D eigenvalue weighted by Crippen LogP contribution is 2.38. The minimum Gasteiger partial charge on any atom is -0.393 e. The first kappa shape index (κ1) is 22.1. The molecule has 1 saturated carbocycles. The van der Waals surface area contributed by atoms with E-state index in [4.69, 9.17) is 9.88 Å². The molecule has 13 heteroatoms. The number of hydrogen-bond acceptors (Lipinski definition) is 10. The summed E-state index contributed by atoms with van der Waals surface area (Å²) in [5.74, 6) is 0.145. The molecular weight excluding hydrogens is 450 g/mol. The number of anilines is 1. The number of aliphatic hydroxyl groups excluding tert-OH is 1. The van der Waals surface area contributed by atoms with Crippen molar-refractivity contribution >= 4 is 27.3 Å². The summed E-state index contributed by atoms with van der Waals surface area (Å²) in [6.07, 6.45) is 2.25. The normalized spacial score (nSPS) is 27.2.